The first-order chi connectivity index (χ1) is 10.7. The fraction of sp³-hybridized carbons (Fsp3) is 0.105. The van der Waals surface area contributed by atoms with Gasteiger partial charge in [0.1, 0.15) is 11.5 Å². The third-order valence-electron chi connectivity index (χ3n) is 3.27. The van der Waals surface area contributed by atoms with Gasteiger partial charge >= 0.3 is 0 Å². The van der Waals surface area contributed by atoms with Crippen molar-refractivity contribution in [1.82, 2.24) is 0 Å². The van der Waals surface area contributed by atoms with Gasteiger partial charge in [-0.25, -0.2) is 0 Å². The molecule has 1 unspecified atom stereocenters. The summed E-state index contributed by atoms with van der Waals surface area (Å²) >= 11 is 1.68. The fourth-order valence-electron chi connectivity index (χ4n) is 2.31. The van der Waals surface area contributed by atoms with E-state index in [1.807, 2.05) is 36.4 Å². The first-order valence-electron chi connectivity index (χ1n) is 7.11. The van der Waals surface area contributed by atoms with E-state index in [0.717, 1.165) is 10.5 Å². The Balaban J connectivity index is 2.05. The van der Waals surface area contributed by atoms with E-state index in [2.05, 4.69) is 24.3 Å². The van der Waals surface area contributed by atoms with Crippen molar-refractivity contribution < 1.29 is 4.42 Å². The molecule has 1 atom stereocenters. The maximum atomic E-state index is 11.8. The second-order valence-electron chi connectivity index (χ2n) is 5.03. The van der Waals surface area contributed by atoms with E-state index in [1.165, 1.54) is 6.07 Å². The fourth-order valence-corrected chi connectivity index (χ4v) is 3.42. The van der Waals surface area contributed by atoms with Crippen LogP contribution in [-0.2, 0) is 0 Å². The maximum absolute atomic E-state index is 11.8. The SMILES string of the molecule is Cc1cc(=O)cc(C(Sc2ccccc2)c2ccccc2)o1. The number of hydrogen-bond acceptors (Lipinski definition) is 3. The van der Waals surface area contributed by atoms with Gasteiger partial charge in [0, 0.05) is 17.0 Å². The minimum atomic E-state index is -0.0452. The van der Waals surface area contributed by atoms with Crippen molar-refractivity contribution in [3.63, 3.8) is 0 Å². The van der Waals surface area contributed by atoms with Crippen LogP contribution in [0.5, 0.6) is 0 Å². The van der Waals surface area contributed by atoms with Gasteiger partial charge in [-0.1, -0.05) is 48.5 Å². The van der Waals surface area contributed by atoms with Crippen LogP contribution in [0.3, 0.4) is 0 Å². The van der Waals surface area contributed by atoms with E-state index >= 15 is 0 Å². The number of thioether (sulfide) groups is 1. The Morgan fingerprint density at radius 1 is 0.909 bits per heavy atom. The first kappa shape index (κ1) is 14.7. The van der Waals surface area contributed by atoms with Gasteiger partial charge < -0.3 is 4.42 Å². The summed E-state index contributed by atoms with van der Waals surface area (Å²) in [7, 11) is 0. The lowest BCUT2D eigenvalue weighted by atomic mass is 10.1. The van der Waals surface area contributed by atoms with Gasteiger partial charge in [0.2, 0.25) is 0 Å². The Bertz CT molecular complexity index is 794. The molecule has 0 fully saturated rings. The third kappa shape index (κ3) is 3.49. The van der Waals surface area contributed by atoms with Crippen LogP contribution in [-0.4, -0.2) is 0 Å². The van der Waals surface area contributed by atoms with E-state index in [0.29, 0.717) is 11.5 Å². The van der Waals surface area contributed by atoms with Crippen LogP contribution < -0.4 is 5.43 Å². The molecule has 0 saturated carbocycles. The van der Waals surface area contributed by atoms with Crippen LogP contribution in [0.4, 0.5) is 0 Å². The molecule has 3 aromatic rings. The van der Waals surface area contributed by atoms with Crippen LogP contribution in [0.15, 0.2) is 86.9 Å². The summed E-state index contributed by atoms with van der Waals surface area (Å²) in [6, 6.07) is 23.3. The molecule has 22 heavy (non-hydrogen) atoms. The standard InChI is InChI=1S/C19H16O2S/c1-14-12-16(20)13-18(21-14)19(15-8-4-2-5-9-15)22-17-10-6-3-7-11-17/h2-13,19H,1H3. The van der Waals surface area contributed by atoms with Crippen molar-refractivity contribution >= 4 is 11.8 Å². The molecule has 0 aliphatic heterocycles. The second-order valence-corrected chi connectivity index (χ2v) is 6.21. The lowest BCUT2D eigenvalue weighted by molar-refractivity contribution is 0.470. The zero-order chi connectivity index (χ0) is 15.4. The van der Waals surface area contributed by atoms with Gasteiger partial charge in [0.15, 0.2) is 5.43 Å². The van der Waals surface area contributed by atoms with Gasteiger partial charge in [0.05, 0.1) is 5.25 Å². The highest BCUT2D eigenvalue weighted by Crippen LogP contribution is 2.40. The molecule has 1 aromatic heterocycles. The molecule has 1 heterocycles. The van der Waals surface area contributed by atoms with Crippen LogP contribution in [0.1, 0.15) is 22.3 Å². The summed E-state index contributed by atoms with van der Waals surface area (Å²) in [4.78, 5) is 13.0. The van der Waals surface area contributed by atoms with Gasteiger partial charge in [-0.05, 0) is 24.6 Å². The van der Waals surface area contributed by atoms with E-state index in [1.54, 1.807) is 24.8 Å². The predicted molar refractivity (Wildman–Crippen MR) is 90.3 cm³/mol. The van der Waals surface area contributed by atoms with Crippen LogP contribution in [0.25, 0.3) is 0 Å². The maximum Gasteiger partial charge on any atom is 0.185 e. The van der Waals surface area contributed by atoms with Crippen LogP contribution in [0, 0.1) is 6.92 Å². The Labute approximate surface area is 133 Å². The van der Waals surface area contributed by atoms with Crippen molar-refractivity contribution in [2.45, 2.75) is 17.1 Å². The highest BCUT2D eigenvalue weighted by Gasteiger charge is 2.19. The number of aryl methyl sites for hydroxylation is 1. The highest BCUT2D eigenvalue weighted by molar-refractivity contribution is 7.99. The molecular weight excluding hydrogens is 292 g/mol. The molecule has 0 bridgehead atoms. The largest absolute Gasteiger partial charge is 0.465 e. The average Bonchev–Trinajstić information content (AvgIpc) is 2.53. The van der Waals surface area contributed by atoms with Gasteiger partial charge in [-0.2, -0.15) is 0 Å². The molecule has 3 rings (SSSR count). The topological polar surface area (TPSA) is 30.2 Å². The molecule has 0 radical (unpaired) electrons. The Hall–Kier alpha value is -2.26. The molecule has 2 nitrogen and oxygen atoms in total. The number of rotatable bonds is 4. The van der Waals surface area contributed by atoms with Crippen molar-refractivity contribution in [2.24, 2.45) is 0 Å². The van der Waals surface area contributed by atoms with Crippen LogP contribution >= 0.6 is 11.8 Å². The molecule has 3 heteroatoms. The van der Waals surface area contributed by atoms with E-state index in [4.69, 9.17) is 4.42 Å². The minimum absolute atomic E-state index is 0.0201. The summed E-state index contributed by atoms with van der Waals surface area (Å²) in [5.74, 6) is 1.32. The summed E-state index contributed by atoms with van der Waals surface area (Å²) in [5.41, 5.74) is 1.10. The Kier molecular flexibility index (Phi) is 4.45. The molecule has 110 valence electrons. The lowest BCUT2D eigenvalue weighted by Crippen LogP contribution is -2.05. The molecule has 0 saturated heterocycles. The average molecular weight is 308 g/mol. The molecule has 0 aliphatic rings. The zero-order valence-corrected chi connectivity index (χ0v) is 13.0. The van der Waals surface area contributed by atoms with Crippen molar-refractivity contribution in [3.05, 3.63) is 100 Å². The molecule has 0 N–H and O–H groups in total. The molecule has 0 amide bonds. The van der Waals surface area contributed by atoms with E-state index in [-0.39, 0.29) is 10.7 Å². The van der Waals surface area contributed by atoms with Crippen LogP contribution in [0.2, 0.25) is 0 Å². The van der Waals surface area contributed by atoms with E-state index < -0.39 is 0 Å². The van der Waals surface area contributed by atoms with Gasteiger partial charge in [-0.3, -0.25) is 4.79 Å². The number of benzene rings is 2. The van der Waals surface area contributed by atoms with Crippen molar-refractivity contribution in [1.29, 1.82) is 0 Å². The quantitative estimate of drug-likeness (QED) is 0.647. The zero-order valence-electron chi connectivity index (χ0n) is 12.2. The molecule has 0 spiro atoms. The normalized spacial score (nSPS) is 12.0. The summed E-state index contributed by atoms with van der Waals surface area (Å²) in [6.07, 6.45) is 0. The summed E-state index contributed by atoms with van der Waals surface area (Å²) < 4.78 is 5.83. The summed E-state index contributed by atoms with van der Waals surface area (Å²) in [5, 5.41) is -0.0452. The monoisotopic (exact) mass is 308 g/mol. The Morgan fingerprint density at radius 2 is 1.55 bits per heavy atom. The van der Waals surface area contributed by atoms with Gasteiger partial charge in [-0.15, -0.1) is 11.8 Å². The van der Waals surface area contributed by atoms with E-state index in [9.17, 15) is 4.79 Å². The molecule has 0 aliphatic carbocycles. The minimum Gasteiger partial charge on any atom is -0.465 e. The predicted octanol–water partition coefficient (Wildman–Crippen LogP) is 4.83. The molecule has 2 aromatic carbocycles. The van der Waals surface area contributed by atoms with Crippen molar-refractivity contribution in [2.75, 3.05) is 0 Å². The third-order valence-corrected chi connectivity index (χ3v) is 4.55. The smallest absolute Gasteiger partial charge is 0.185 e. The lowest BCUT2D eigenvalue weighted by Gasteiger charge is -2.16. The Morgan fingerprint density at radius 3 is 2.18 bits per heavy atom. The molecular formula is C19H16O2S. The van der Waals surface area contributed by atoms with Gasteiger partial charge in [0.25, 0.3) is 0 Å². The number of hydrogen-bond donors (Lipinski definition) is 0. The first-order valence-corrected chi connectivity index (χ1v) is 7.99. The van der Waals surface area contributed by atoms with Crippen molar-refractivity contribution in [3.8, 4) is 0 Å². The second kappa shape index (κ2) is 6.67. The highest BCUT2D eigenvalue weighted by atomic mass is 32.2. The summed E-state index contributed by atoms with van der Waals surface area (Å²) in [6.45, 7) is 1.81.